The number of nitrogens with zero attached hydrogens (tertiary/aromatic N) is 1. The third-order valence-corrected chi connectivity index (χ3v) is 4.37. The lowest BCUT2D eigenvalue weighted by Crippen LogP contribution is -2.44. The van der Waals surface area contributed by atoms with E-state index in [4.69, 9.17) is 5.11 Å². The number of nitrogens with one attached hydrogen (secondary N) is 3. The van der Waals surface area contributed by atoms with E-state index < -0.39 is 29.4 Å². The van der Waals surface area contributed by atoms with E-state index in [9.17, 15) is 24.0 Å². The number of carboxylic acids is 1. The van der Waals surface area contributed by atoms with E-state index in [1.165, 1.54) is 35.9 Å². The SMILES string of the molecule is CC(=O)NC(CC/C=C/C(=O)O)C(=O)Nc1cccn(CC(=O)NCCC(C)(C)C)c1=O. The Morgan fingerprint density at radius 3 is 2.50 bits per heavy atom. The topological polar surface area (TPSA) is 147 Å². The molecule has 176 valence electrons. The summed E-state index contributed by atoms with van der Waals surface area (Å²) in [7, 11) is 0. The highest BCUT2D eigenvalue weighted by atomic mass is 16.4. The quantitative estimate of drug-likeness (QED) is 0.375. The predicted molar refractivity (Wildman–Crippen MR) is 120 cm³/mol. The van der Waals surface area contributed by atoms with Crippen LogP contribution in [0.2, 0.25) is 0 Å². The van der Waals surface area contributed by atoms with Gasteiger partial charge in [0.15, 0.2) is 0 Å². The Bertz CT molecular complexity index is 914. The first kappa shape index (κ1) is 26.6. The van der Waals surface area contributed by atoms with Crippen molar-refractivity contribution in [3.8, 4) is 0 Å². The molecule has 10 nitrogen and oxygen atoms in total. The Labute approximate surface area is 187 Å². The van der Waals surface area contributed by atoms with E-state index in [-0.39, 0.29) is 36.4 Å². The molecule has 1 rings (SSSR count). The minimum atomic E-state index is -1.11. The molecule has 0 aliphatic carbocycles. The van der Waals surface area contributed by atoms with Gasteiger partial charge in [-0.2, -0.15) is 0 Å². The Morgan fingerprint density at radius 1 is 1.22 bits per heavy atom. The second-order valence-corrected chi connectivity index (χ2v) is 8.58. The molecule has 0 saturated heterocycles. The highest BCUT2D eigenvalue weighted by molar-refractivity contribution is 5.96. The molecule has 0 bridgehead atoms. The summed E-state index contributed by atoms with van der Waals surface area (Å²) in [5.41, 5.74) is -0.516. The van der Waals surface area contributed by atoms with Crippen molar-refractivity contribution in [2.45, 2.75) is 59.5 Å². The average Bonchev–Trinajstić information content (AvgIpc) is 2.65. The average molecular weight is 449 g/mol. The van der Waals surface area contributed by atoms with Gasteiger partial charge in [0.05, 0.1) is 0 Å². The molecule has 0 spiro atoms. The van der Waals surface area contributed by atoms with Gasteiger partial charge < -0.3 is 25.6 Å². The number of carboxylic acid groups (broad SMARTS) is 1. The van der Waals surface area contributed by atoms with Gasteiger partial charge in [-0.25, -0.2) is 4.79 Å². The van der Waals surface area contributed by atoms with Crippen molar-refractivity contribution in [1.82, 2.24) is 15.2 Å². The van der Waals surface area contributed by atoms with Crippen LogP contribution in [0.1, 0.15) is 47.0 Å². The number of anilines is 1. The van der Waals surface area contributed by atoms with Gasteiger partial charge in [-0.1, -0.05) is 26.8 Å². The molecule has 1 atom stereocenters. The predicted octanol–water partition coefficient (Wildman–Crippen LogP) is 1.26. The fraction of sp³-hybridized carbons (Fsp3) is 0.500. The molecule has 0 aliphatic rings. The summed E-state index contributed by atoms with van der Waals surface area (Å²) in [6.07, 6.45) is 4.94. The fourth-order valence-electron chi connectivity index (χ4n) is 2.73. The van der Waals surface area contributed by atoms with Crippen molar-refractivity contribution in [1.29, 1.82) is 0 Å². The summed E-state index contributed by atoms with van der Waals surface area (Å²) in [4.78, 5) is 59.4. The standard InChI is InChI=1S/C22H32N4O6/c1-15(27)24-16(8-5-6-10-19(29)30)20(31)25-17-9-7-13-26(21(17)32)14-18(28)23-12-11-22(2,3)4/h6-7,9-10,13,16H,5,8,11-12,14H2,1-4H3,(H,23,28)(H,24,27)(H,25,31)(H,29,30)/b10-6+. The van der Waals surface area contributed by atoms with Crippen LogP contribution < -0.4 is 21.5 Å². The van der Waals surface area contributed by atoms with Crippen molar-refractivity contribution in [2.24, 2.45) is 5.41 Å². The van der Waals surface area contributed by atoms with Gasteiger partial charge in [0.1, 0.15) is 18.3 Å². The summed E-state index contributed by atoms with van der Waals surface area (Å²) < 4.78 is 1.19. The molecule has 1 aromatic heterocycles. The molecule has 32 heavy (non-hydrogen) atoms. The van der Waals surface area contributed by atoms with Crippen LogP contribution in [-0.2, 0) is 25.7 Å². The molecular formula is C22H32N4O6. The maximum absolute atomic E-state index is 12.7. The monoisotopic (exact) mass is 448 g/mol. The highest BCUT2D eigenvalue weighted by Gasteiger charge is 2.20. The van der Waals surface area contributed by atoms with Crippen LogP contribution in [0.3, 0.4) is 0 Å². The molecule has 10 heteroatoms. The summed E-state index contributed by atoms with van der Waals surface area (Å²) in [5.74, 6) is -2.49. The zero-order chi connectivity index (χ0) is 24.3. The third kappa shape index (κ3) is 10.6. The van der Waals surface area contributed by atoms with E-state index >= 15 is 0 Å². The lowest BCUT2D eigenvalue weighted by molar-refractivity contribution is -0.131. The lowest BCUT2D eigenvalue weighted by Gasteiger charge is -2.18. The van der Waals surface area contributed by atoms with E-state index in [2.05, 4.69) is 36.7 Å². The van der Waals surface area contributed by atoms with Crippen LogP contribution in [0, 0.1) is 5.41 Å². The molecule has 1 unspecified atom stereocenters. The van der Waals surface area contributed by atoms with Gasteiger partial charge >= 0.3 is 5.97 Å². The second-order valence-electron chi connectivity index (χ2n) is 8.58. The maximum Gasteiger partial charge on any atom is 0.327 e. The van der Waals surface area contributed by atoms with Gasteiger partial charge in [-0.15, -0.1) is 0 Å². The van der Waals surface area contributed by atoms with Gasteiger partial charge in [0, 0.05) is 25.7 Å². The summed E-state index contributed by atoms with van der Waals surface area (Å²) in [6.45, 7) is 7.73. The summed E-state index contributed by atoms with van der Waals surface area (Å²) >= 11 is 0. The molecule has 0 aliphatic heterocycles. The number of aromatic nitrogens is 1. The molecule has 0 saturated carbocycles. The van der Waals surface area contributed by atoms with Crippen LogP contribution in [0.4, 0.5) is 5.69 Å². The number of amides is 3. The number of rotatable bonds is 11. The number of hydrogen-bond donors (Lipinski definition) is 4. The largest absolute Gasteiger partial charge is 0.478 e. The zero-order valence-corrected chi connectivity index (χ0v) is 18.9. The van der Waals surface area contributed by atoms with Crippen molar-refractivity contribution < 1.29 is 24.3 Å². The molecule has 0 fully saturated rings. The fourth-order valence-corrected chi connectivity index (χ4v) is 2.73. The Hall–Kier alpha value is -3.43. The van der Waals surface area contributed by atoms with Crippen LogP contribution >= 0.6 is 0 Å². The van der Waals surface area contributed by atoms with E-state index in [1.807, 2.05) is 0 Å². The van der Waals surface area contributed by atoms with Crippen LogP contribution in [0.25, 0.3) is 0 Å². The van der Waals surface area contributed by atoms with Crippen molar-refractivity contribution in [3.05, 3.63) is 40.8 Å². The van der Waals surface area contributed by atoms with Gasteiger partial charge in [0.2, 0.25) is 17.7 Å². The Morgan fingerprint density at radius 2 is 1.91 bits per heavy atom. The first-order chi connectivity index (χ1) is 14.9. The molecular weight excluding hydrogens is 416 g/mol. The Balaban J connectivity index is 2.81. The molecule has 0 radical (unpaired) electrons. The van der Waals surface area contributed by atoms with Crippen molar-refractivity contribution in [3.63, 3.8) is 0 Å². The second kappa shape index (κ2) is 12.4. The first-order valence-electron chi connectivity index (χ1n) is 10.3. The van der Waals surface area contributed by atoms with E-state index in [0.717, 1.165) is 12.5 Å². The van der Waals surface area contributed by atoms with Gasteiger partial charge in [0.25, 0.3) is 5.56 Å². The maximum atomic E-state index is 12.7. The molecule has 4 N–H and O–H groups in total. The van der Waals surface area contributed by atoms with Gasteiger partial charge in [-0.05, 0) is 36.8 Å². The molecule has 0 aromatic carbocycles. The Kier molecular flexibility index (Phi) is 10.3. The van der Waals surface area contributed by atoms with Crippen LogP contribution in [0.5, 0.6) is 0 Å². The lowest BCUT2D eigenvalue weighted by atomic mass is 9.92. The van der Waals surface area contributed by atoms with Gasteiger partial charge in [-0.3, -0.25) is 19.2 Å². The summed E-state index contributed by atoms with van der Waals surface area (Å²) in [6, 6.07) is 1.98. The number of allylic oxidation sites excluding steroid dienone is 1. The highest BCUT2D eigenvalue weighted by Crippen LogP contribution is 2.16. The number of pyridine rings is 1. The normalized spacial score (nSPS) is 12.2. The number of carbonyl (C=O) groups excluding carboxylic acids is 3. The molecule has 1 aromatic rings. The van der Waals surface area contributed by atoms with Crippen molar-refractivity contribution >= 4 is 29.4 Å². The number of aliphatic carboxylic acids is 1. The molecule has 3 amide bonds. The van der Waals surface area contributed by atoms with E-state index in [1.54, 1.807) is 0 Å². The smallest absolute Gasteiger partial charge is 0.327 e. The third-order valence-electron chi connectivity index (χ3n) is 4.37. The zero-order valence-electron chi connectivity index (χ0n) is 18.9. The summed E-state index contributed by atoms with van der Waals surface area (Å²) in [5, 5.41) is 16.4. The minimum absolute atomic E-state index is 0.0311. The first-order valence-corrected chi connectivity index (χ1v) is 10.3. The van der Waals surface area contributed by atoms with Crippen LogP contribution in [0.15, 0.2) is 35.3 Å². The minimum Gasteiger partial charge on any atom is -0.478 e. The van der Waals surface area contributed by atoms with Crippen LogP contribution in [-0.4, -0.2) is 46.0 Å². The number of hydrogen-bond acceptors (Lipinski definition) is 5. The van der Waals surface area contributed by atoms with Crippen molar-refractivity contribution in [2.75, 3.05) is 11.9 Å². The number of carbonyl (C=O) groups is 4. The molecule has 1 heterocycles. The van der Waals surface area contributed by atoms with E-state index in [0.29, 0.717) is 6.54 Å².